The van der Waals surface area contributed by atoms with Crippen LogP contribution in [0.5, 0.6) is 0 Å². The first kappa shape index (κ1) is 18.4. The second kappa shape index (κ2) is 8.80. The van der Waals surface area contributed by atoms with Crippen LogP contribution in [0.2, 0.25) is 0 Å². The topological polar surface area (TPSA) is 76.0 Å². The minimum Gasteiger partial charge on any atom is -0.347 e. The molecule has 0 aliphatic heterocycles. The van der Waals surface area contributed by atoms with Crippen molar-refractivity contribution in [2.45, 2.75) is 26.3 Å². The zero-order chi connectivity index (χ0) is 19.1. The summed E-state index contributed by atoms with van der Waals surface area (Å²) in [5, 5.41) is 10.0. The van der Waals surface area contributed by atoms with Crippen LogP contribution in [0, 0.1) is 0 Å². The van der Waals surface area contributed by atoms with E-state index in [-0.39, 0.29) is 11.8 Å². The fourth-order valence-corrected chi connectivity index (χ4v) is 2.60. The third-order valence-corrected chi connectivity index (χ3v) is 4.01. The second-order valence-corrected chi connectivity index (χ2v) is 6.16. The van der Waals surface area contributed by atoms with Crippen molar-refractivity contribution >= 4 is 17.5 Å². The lowest BCUT2D eigenvalue weighted by Crippen LogP contribution is -2.23. The number of amides is 2. The Bertz CT molecular complexity index is 901. The van der Waals surface area contributed by atoms with Gasteiger partial charge in [0.2, 0.25) is 5.91 Å². The summed E-state index contributed by atoms with van der Waals surface area (Å²) in [5.74, 6) is -0.224. The molecule has 0 bridgehead atoms. The number of rotatable bonds is 7. The minimum atomic E-state index is -0.231. The molecule has 6 nitrogen and oxygen atoms in total. The molecule has 0 spiro atoms. The maximum Gasteiger partial charge on any atom is 0.272 e. The molecule has 0 aliphatic carbocycles. The van der Waals surface area contributed by atoms with Crippen LogP contribution in [0.25, 0.3) is 5.69 Å². The summed E-state index contributed by atoms with van der Waals surface area (Å²) >= 11 is 0. The molecule has 3 rings (SSSR count). The summed E-state index contributed by atoms with van der Waals surface area (Å²) in [6, 6.07) is 18.7. The quantitative estimate of drug-likeness (QED) is 0.675. The molecule has 0 atom stereocenters. The van der Waals surface area contributed by atoms with Crippen LogP contribution in [-0.4, -0.2) is 21.6 Å². The summed E-state index contributed by atoms with van der Waals surface area (Å²) in [6.45, 7) is 2.36. The van der Waals surface area contributed by atoms with E-state index in [1.165, 1.54) is 0 Å². The third kappa shape index (κ3) is 5.04. The first-order valence-corrected chi connectivity index (χ1v) is 8.94. The van der Waals surface area contributed by atoms with E-state index in [9.17, 15) is 9.59 Å². The summed E-state index contributed by atoms with van der Waals surface area (Å²) in [6.07, 6.45) is 3.08. The van der Waals surface area contributed by atoms with Gasteiger partial charge < -0.3 is 10.6 Å². The lowest BCUT2D eigenvalue weighted by molar-refractivity contribution is -0.116. The first-order chi connectivity index (χ1) is 13.2. The van der Waals surface area contributed by atoms with Crippen LogP contribution in [0.3, 0.4) is 0 Å². The largest absolute Gasteiger partial charge is 0.347 e. The van der Waals surface area contributed by atoms with Gasteiger partial charge in [-0.1, -0.05) is 37.3 Å². The van der Waals surface area contributed by atoms with E-state index in [0.29, 0.717) is 18.7 Å². The van der Waals surface area contributed by atoms with Crippen LogP contribution in [0.4, 0.5) is 5.69 Å². The van der Waals surface area contributed by atoms with Crippen molar-refractivity contribution in [2.75, 3.05) is 5.32 Å². The van der Waals surface area contributed by atoms with Gasteiger partial charge in [0.15, 0.2) is 5.69 Å². The molecular formula is C21H22N4O2. The van der Waals surface area contributed by atoms with E-state index in [4.69, 9.17) is 0 Å². The molecule has 0 saturated heterocycles. The lowest BCUT2D eigenvalue weighted by Gasteiger charge is -2.07. The van der Waals surface area contributed by atoms with E-state index in [0.717, 1.165) is 23.4 Å². The average molecular weight is 362 g/mol. The van der Waals surface area contributed by atoms with Crippen LogP contribution >= 0.6 is 0 Å². The Morgan fingerprint density at radius 2 is 1.74 bits per heavy atom. The Morgan fingerprint density at radius 1 is 1.00 bits per heavy atom. The highest BCUT2D eigenvalue weighted by molar-refractivity contribution is 5.92. The number of hydrogen-bond donors (Lipinski definition) is 2. The Balaban J connectivity index is 1.55. The van der Waals surface area contributed by atoms with Crippen LogP contribution in [0.1, 0.15) is 35.8 Å². The molecule has 1 heterocycles. The molecule has 2 aromatic carbocycles. The van der Waals surface area contributed by atoms with Crippen molar-refractivity contribution in [1.29, 1.82) is 0 Å². The van der Waals surface area contributed by atoms with E-state index in [1.54, 1.807) is 16.9 Å². The average Bonchev–Trinajstić information content (AvgIpc) is 3.18. The normalized spacial score (nSPS) is 10.4. The summed E-state index contributed by atoms with van der Waals surface area (Å²) in [7, 11) is 0. The fraction of sp³-hybridized carbons (Fsp3) is 0.190. The number of benzene rings is 2. The molecule has 0 saturated carbocycles. The SMILES string of the molecule is CCCC(=O)Nc1ccc(CNC(=O)c2ccn(-c3ccccc3)n2)cc1. The Morgan fingerprint density at radius 3 is 2.44 bits per heavy atom. The number of nitrogens with zero attached hydrogens (tertiary/aromatic N) is 2. The van der Waals surface area contributed by atoms with Crippen molar-refractivity contribution in [3.05, 3.63) is 78.1 Å². The number of carbonyl (C=O) groups is 2. The van der Waals surface area contributed by atoms with Gasteiger partial charge in [0.1, 0.15) is 0 Å². The smallest absolute Gasteiger partial charge is 0.272 e. The van der Waals surface area contributed by atoms with E-state index < -0.39 is 0 Å². The number of carbonyl (C=O) groups excluding carboxylic acids is 2. The summed E-state index contributed by atoms with van der Waals surface area (Å²) < 4.78 is 1.67. The van der Waals surface area contributed by atoms with E-state index >= 15 is 0 Å². The van der Waals surface area contributed by atoms with Gasteiger partial charge in [-0.2, -0.15) is 5.10 Å². The van der Waals surface area contributed by atoms with E-state index in [2.05, 4.69) is 15.7 Å². The summed E-state index contributed by atoms with van der Waals surface area (Å²) in [4.78, 5) is 23.9. The van der Waals surface area contributed by atoms with Crippen LogP contribution in [-0.2, 0) is 11.3 Å². The predicted molar refractivity (Wildman–Crippen MR) is 105 cm³/mol. The molecule has 1 aromatic heterocycles. The molecule has 0 aliphatic rings. The highest BCUT2D eigenvalue weighted by Gasteiger charge is 2.10. The molecule has 0 fully saturated rings. The predicted octanol–water partition coefficient (Wildman–Crippen LogP) is 3.54. The van der Waals surface area contributed by atoms with Crippen LogP contribution in [0.15, 0.2) is 66.9 Å². The number of nitrogens with one attached hydrogen (secondary N) is 2. The van der Waals surface area contributed by atoms with Gasteiger partial charge in [0.25, 0.3) is 5.91 Å². The van der Waals surface area contributed by atoms with Crippen molar-refractivity contribution in [3.63, 3.8) is 0 Å². The van der Waals surface area contributed by atoms with Gasteiger partial charge >= 0.3 is 0 Å². The van der Waals surface area contributed by atoms with Crippen molar-refractivity contribution in [2.24, 2.45) is 0 Å². The van der Waals surface area contributed by atoms with Gasteiger partial charge in [-0.05, 0) is 42.3 Å². The Labute approximate surface area is 158 Å². The molecule has 138 valence electrons. The maximum atomic E-state index is 12.3. The molecule has 0 unspecified atom stereocenters. The molecular weight excluding hydrogens is 340 g/mol. The second-order valence-electron chi connectivity index (χ2n) is 6.16. The zero-order valence-corrected chi connectivity index (χ0v) is 15.2. The molecule has 2 amide bonds. The maximum absolute atomic E-state index is 12.3. The highest BCUT2D eigenvalue weighted by Crippen LogP contribution is 2.11. The zero-order valence-electron chi connectivity index (χ0n) is 15.2. The Kier molecular flexibility index (Phi) is 5.99. The molecule has 3 aromatic rings. The first-order valence-electron chi connectivity index (χ1n) is 8.94. The van der Waals surface area contributed by atoms with Crippen LogP contribution < -0.4 is 10.6 Å². The third-order valence-electron chi connectivity index (χ3n) is 4.01. The highest BCUT2D eigenvalue weighted by atomic mass is 16.2. The van der Waals surface area contributed by atoms with E-state index in [1.807, 2.05) is 61.5 Å². The monoisotopic (exact) mass is 362 g/mol. The Hall–Kier alpha value is -3.41. The van der Waals surface area contributed by atoms with Gasteiger partial charge in [0, 0.05) is 24.8 Å². The fourth-order valence-electron chi connectivity index (χ4n) is 2.60. The number of para-hydroxylation sites is 1. The summed E-state index contributed by atoms with van der Waals surface area (Å²) in [5.41, 5.74) is 2.96. The lowest BCUT2D eigenvalue weighted by atomic mass is 10.2. The van der Waals surface area contributed by atoms with Crippen molar-refractivity contribution < 1.29 is 9.59 Å². The number of hydrogen-bond acceptors (Lipinski definition) is 3. The van der Waals surface area contributed by atoms with Gasteiger partial charge in [-0.15, -0.1) is 0 Å². The van der Waals surface area contributed by atoms with Crippen molar-refractivity contribution in [1.82, 2.24) is 15.1 Å². The standard InChI is InChI=1S/C21H22N4O2/c1-2-6-20(26)23-17-11-9-16(10-12-17)15-22-21(27)19-13-14-25(24-19)18-7-4-3-5-8-18/h3-5,7-14H,2,6,15H2,1H3,(H,22,27)(H,23,26). The van der Waals surface area contributed by atoms with Gasteiger partial charge in [0.05, 0.1) is 5.69 Å². The molecule has 0 radical (unpaired) electrons. The number of anilines is 1. The minimum absolute atomic E-state index is 0.00700. The number of aromatic nitrogens is 2. The van der Waals surface area contributed by atoms with Gasteiger partial charge in [-0.25, -0.2) is 4.68 Å². The molecule has 6 heteroatoms. The van der Waals surface area contributed by atoms with Crippen molar-refractivity contribution in [3.8, 4) is 5.69 Å². The molecule has 2 N–H and O–H groups in total. The van der Waals surface area contributed by atoms with Gasteiger partial charge in [-0.3, -0.25) is 9.59 Å². The molecule has 27 heavy (non-hydrogen) atoms.